The van der Waals surface area contributed by atoms with E-state index >= 15 is 0 Å². The summed E-state index contributed by atoms with van der Waals surface area (Å²) in [4.78, 5) is 23.9. The van der Waals surface area contributed by atoms with E-state index in [2.05, 4.69) is 0 Å². The molecule has 1 fully saturated rings. The van der Waals surface area contributed by atoms with Crippen LogP contribution in [0.15, 0.2) is 24.3 Å². The molecule has 0 aromatic heterocycles. The highest BCUT2D eigenvalue weighted by Gasteiger charge is 2.48. The van der Waals surface area contributed by atoms with E-state index in [1.807, 2.05) is 0 Å². The summed E-state index contributed by atoms with van der Waals surface area (Å²) in [5, 5.41) is 0.586. The lowest BCUT2D eigenvalue weighted by atomic mass is 9.98. The van der Waals surface area contributed by atoms with E-state index in [0.717, 1.165) is 0 Å². The molecule has 16 heavy (non-hydrogen) atoms. The van der Waals surface area contributed by atoms with E-state index in [-0.39, 0.29) is 5.91 Å². The highest BCUT2D eigenvalue weighted by atomic mass is 35.5. The van der Waals surface area contributed by atoms with Gasteiger partial charge in [0.1, 0.15) is 12.3 Å². The molecule has 84 valence electrons. The average molecular weight is 240 g/mol. The fourth-order valence-electron chi connectivity index (χ4n) is 1.76. The fraction of sp³-hybridized carbons (Fsp3) is 0.273. The lowest BCUT2D eigenvalue weighted by Crippen LogP contribution is -2.66. The van der Waals surface area contributed by atoms with Gasteiger partial charge < -0.3 is 9.53 Å². The van der Waals surface area contributed by atoms with Crippen molar-refractivity contribution in [1.29, 1.82) is 0 Å². The molecule has 1 aromatic carbocycles. The first-order valence-electron chi connectivity index (χ1n) is 4.75. The Labute approximate surface area is 97.7 Å². The third kappa shape index (κ3) is 1.60. The van der Waals surface area contributed by atoms with Gasteiger partial charge >= 0.3 is 0 Å². The summed E-state index contributed by atoms with van der Waals surface area (Å²) in [6, 6.07) is 6.20. The van der Waals surface area contributed by atoms with Crippen molar-refractivity contribution in [1.82, 2.24) is 0 Å². The summed E-state index contributed by atoms with van der Waals surface area (Å²) in [5.74, 6) is -0.207. The van der Waals surface area contributed by atoms with Crippen LogP contribution in [0.5, 0.6) is 0 Å². The van der Waals surface area contributed by atoms with Gasteiger partial charge in [0.2, 0.25) is 0 Å². The van der Waals surface area contributed by atoms with Gasteiger partial charge in [-0.1, -0.05) is 11.6 Å². The molecule has 0 N–H and O–H groups in total. The highest BCUT2D eigenvalue weighted by molar-refractivity contribution is 6.30. The van der Waals surface area contributed by atoms with Crippen molar-refractivity contribution >= 4 is 29.5 Å². The Balaban J connectivity index is 2.25. The van der Waals surface area contributed by atoms with Crippen molar-refractivity contribution in [3.63, 3.8) is 0 Å². The Bertz CT molecular complexity index is 418. The molecule has 0 spiro atoms. The van der Waals surface area contributed by atoms with Crippen LogP contribution in [0.4, 0.5) is 5.69 Å². The first-order chi connectivity index (χ1) is 7.69. The molecule has 1 heterocycles. The van der Waals surface area contributed by atoms with Gasteiger partial charge in [0, 0.05) is 17.8 Å². The molecule has 1 aliphatic heterocycles. The molecule has 5 heteroatoms. The fourth-order valence-corrected chi connectivity index (χ4v) is 1.88. The number of methoxy groups -OCH3 is 1. The van der Waals surface area contributed by atoms with Gasteiger partial charge in [-0.2, -0.15) is 0 Å². The Morgan fingerprint density at radius 1 is 1.38 bits per heavy atom. The molecule has 0 aliphatic carbocycles. The molecular weight excluding hydrogens is 230 g/mol. The monoisotopic (exact) mass is 239 g/mol. The number of hydrogen-bond donors (Lipinski definition) is 0. The van der Waals surface area contributed by atoms with Gasteiger partial charge in [-0.05, 0) is 24.3 Å². The first-order valence-corrected chi connectivity index (χ1v) is 5.13. The van der Waals surface area contributed by atoms with Crippen LogP contribution in [0, 0.1) is 0 Å². The Hall–Kier alpha value is -1.39. The van der Waals surface area contributed by atoms with E-state index in [4.69, 9.17) is 16.3 Å². The Kier molecular flexibility index (Phi) is 2.94. The van der Waals surface area contributed by atoms with Crippen LogP contribution in [0.3, 0.4) is 0 Å². The number of rotatable bonds is 3. The van der Waals surface area contributed by atoms with Crippen molar-refractivity contribution < 1.29 is 14.3 Å². The zero-order chi connectivity index (χ0) is 11.7. The maximum Gasteiger partial charge on any atom is 0.259 e. The number of benzene rings is 1. The topological polar surface area (TPSA) is 46.6 Å². The number of ether oxygens (including phenoxy) is 1. The summed E-state index contributed by atoms with van der Waals surface area (Å²) in [5.41, 5.74) is 0.653. The zero-order valence-electron chi connectivity index (χ0n) is 8.59. The van der Waals surface area contributed by atoms with Crippen LogP contribution in [-0.2, 0) is 14.3 Å². The number of β-lactam (4-membered cyclic amide) rings is 1. The molecule has 0 radical (unpaired) electrons. The number of carbonyl (C=O) groups is 2. The smallest absolute Gasteiger partial charge is 0.259 e. The average Bonchev–Trinajstić information content (AvgIpc) is 2.29. The van der Waals surface area contributed by atoms with Crippen LogP contribution in [0.1, 0.15) is 0 Å². The second kappa shape index (κ2) is 4.23. The molecule has 1 aromatic rings. The molecule has 2 rings (SSSR count). The van der Waals surface area contributed by atoms with Crippen molar-refractivity contribution in [3.05, 3.63) is 29.3 Å². The molecule has 1 aliphatic rings. The predicted molar refractivity (Wildman–Crippen MR) is 59.6 cm³/mol. The van der Waals surface area contributed by atoms with Crippen LogP contribution in [0.25, 0.3) is 0 Å². The van der Waals surface area contributed by atoms with Gasteiger partial charge in [0.15, 0.2) is 6.10 Å². The van der Waals surface area contributed by atoms with Crippen molar-refractivity contribution in [2.75, 3.05) is 12.0 Å². The van der Waals surface area contributed by atoms with Gasteiger partial charge in [-0.25, -0.2) is 0 Å². The summed E-state index contributed by atoms with van der Waals surface area (Å²) in [7, 11) is 1.41. The maximum absolute atomic E-state index is 11.7. The zero-order valence-corrected chi connectivity index (χ0v) is 9.35. The van der Waals surface area contributed by atoms with Crippen LogP contribution in [0.2, 0.25) is 5.02 Å². The van der Waals surface area contributed by atoms with Gasteiger partial charge in [-0.3, -0.25) is 9.69 Å². The molecule has 1 saturated heterocycles. The molecule has 0 bridgehead atoms. The van der Waals surface area contributed by atoms with Gasteiger partial charge in [-0.15, -0.1) is 0 Å². The lowest BCUT2D eigenvalue weighted by Gasteiger charge is -2.42. The van der Waals surface area contributed by atoms with E-state index in [0.29, 0.717) is 17.0 Å². The van der Waals surface area contributed by atoms with E-state index < -0.39 is 12.1 Å². The second-order valence-corrected chi connectivity index (χ2v) is 3.90. The minimum atomic E-state index is -0.659. The minimum absolute atomic E-state index is 0.207. The first kappa shape index (κ1) is 11.1. The largest absolute Gasteiger partial charge is 0.369 e. The number of aldehydes is 1. The second-order valence-electron chi connectivity index (χ2n) is 3.47. The van der Waals surface area contributed by atoms with Crippen molar-refractivity contribution in [2.24, 2.45) is 0 Å². The van der Waals surface area contributed by atoms with E-state index in [1.165, 1.54) is 12.0 Å². The quantitative estimate of drug-likeness (QED) is 0.590. The number of amides is 1. The van der Waals surface area contributed by atoms with Crippen LogP contribution >= 0.6 is 11.6 Å². The molecule has 1 amide bonds. The summed E-state index contributed by atoms with van der Waals surface area (Å²) in [6.45, 7) is 0. The van der Waals surface area contributed by atoms with Crippen molar-refractivity contribution in [2.45, 2.75) is 12.1 Å². The molecule has 0 saturated carbocycles. The standard InChI is InChI=1S/C11H10ClNO3/c1-16-10-9(6-14)13(11(10)15)8-4-2-7(12)3-5-8/h2-6,9-10H,1H3. The number of hydrogen-bond acceptors (Lipinski definition) is 3. The number of anilines is 1. The SMILES string of the molecule is COC1C(=O)N(c2ccc(Cl)cc2)C1C=O. The van der Waals surface area contributed by atoms with Crippen LogP contribution in [-0.4, -0.2) is 31.4 Å². The summed E-state index contributed by atoms with van der Waals surface area (Å²) < 4.78 is 4.93. The highest BCUT2D eigenvalue weighted by Crippen LogP contribution is 2.29. The van der Waals surface area contributed by atoms with E-state index in [9.17, 15) is 9.59 Å². The predicted octanol–water partition coefficient (Wildman–Crippen LogP) is 1.27. The Morgan fingerprint density at radius 2 is 2.00 bits per heavy atom. The minimum Gasteiger partial charge on any atom is -0.369 e. The van der Waals surface area contributed by atoms with E-state index in [1.54, 1.807) is 24.3 Å². The lowest BCUT2D eigenvalue weighted by molar-refractivity contribution is -0.142. The molecule has 2 atom stereocenters. The maximum atomic E-state index is 11.7. The summed E-state index contributed by atoms with van der Waals surface area (Å²) >= 11 is 5.74. The molecule has 2 unspecified atom stereocenters. The summed E-state index contributed by atoms with van der Waals surface area (Å²) in [6.07, 6.45) is 0.0534. The van der Waals surface area contributed by atoms with Gasteiger partial charge in [0.05, 0.1) is 0 Å². The number of halogens is 1. The molecular formula is C11H10ClNO3. The molecule has 4 nitrogen and oxygen atoms in total. The normalized spacial score (nSPS) is 24.1. The van der Waals surface area contributed by atoms with Crippen molar-refractivity contribution in [3.8, 4) is 0 Å². The third-order valence-electron chi connectivity index (χ3n) is 2.59. The van der Waals surface area contributed by atoms with Crippen LogP contribution < -0.4 is 4.90 Å². The third-order valence-corrected chi connectivity index (χ3v) is 2.84. The Morgan fingerprint density at radius 3 is 2.50 bits per heavy atom. The number of carbonyl (C=O) groups excluding carboxylic acids is 2. The number of nitrogens with zero attached hydrogens (tertiary/aromatic N) is 1. The van der Waals surface area contributed by atoms with Gasteiger partial charge in [0.25, 0.3) is 5.91 Å².